The number of carbonyl (C=O) groups is 1. The van der Waals surface area contributed by atoms with Crippen molar-refractivity contribution < 1.29 is 13.2 Å². The maximum Gasteiger partial charge on any atom is 0.268 e. The van der Waals surface area contributed by atoms with Gasteiger partial charge in [-0.05, 0) is 30.4 Å². The zero-order chi connectivity index (χ0) is 13.5. The Morgan fingerprint density at radius 1 is 1.33 bits per heavy atom. The van der Waals surface area contributed by atoms with Crippen LogP contribution < -0.4 is 5.32 Å². The topological polar surface area (TPSA) is 66.5 Å². The first-order valence-electron chi connectivity index (χ1n) is 4.64. The highest BCUT2D eigenvalue weighted by atomic mass is 35.5. The van der Waals surface area contributed by atoms with E-state index in [0.717, 1.165) is 4.31 Å². The van der Waals surface area contributed by atoms with Crippen molar-refractivity contribution in [3.05, 3.63) is 28.2 Å². The molecule has 0 aliphatic carbocycles. The number of nitrogens with one attached hydrogen (secondary N) is 1. The van der Waals surface area contributed by atoms with Crippen molar-refractivity contribution in [1.82, 2.24) is 9.62 Å². The molecule has 1 amide bonds. The van der Waals surface area contributed by atoms with E-state index < -0.39 is 15.9 Å². The highest BCUT2D eigenvalue weighted by Gasteiger charge is 2.35. The molecule has 1 saturated heterocycles. The monoisotopic (exact) mass is 324 g/mol. The van der Waals surface area contributed by atoms with Gasteiger partial charge in [0.25, 0.3) is 10.0 Å². The molecule has 1 aliphatic heterocycles. The molecule has 1 heterocycles. The fraction of sp³-hybridized carbons (Fsp3) is 0.111. The fourth-order valence-corrected chi connectivity index (χ4v) is 3.91. The number of halogens is 2. The molecule has 0 aromatic heterocycles. The van der Waals surface area contributed by atoms with Crippen molar-refractivity contribution >= 4 is 56.5 Å². The lowest BCUT2D eigenvalue weighted by Gasteiger charge is -2.16. The molecule has 1 N–H and O–H groups in total. The first-order valence-corrected chi connectivity index (χ1v) is 7.24. The number of carbonyl (C=O) groups excluding carboxylic acids is 1. The summed E-state index contributed by atoms with van der Waals surface area (Å²) in [7, 11) is -3.98. The van der Waals surface area contributed by atoms with Crippen molar-refractivity contribution in [3.63, 3.8) is 0 Å². The summed E-state index contributed by atoms with van der Waals surface area (Å²) in [6, 6.07) is 4.05. The molecule has 1 aromatic rings. The number of hydrogen-bond acceptors (Lipinski definition) is 4. The Kier molecular flexibility index (Phi) is 3.50. The van der Waals surface area contributed by atoms with Crippen LogP contribution in [0.5, 0.6) is 0 Å². The van der Waals surface area contributed by atoms with E-state index in [9.17, 15) is 13.2 Å². The first kappa shape index (κ1) is 13.5. The number of benzene rings is 1. The molecule has 1 aliphatic rings. The molecule has 5 nitrogen and oxygen atoms in total. The lowest BCUT2D eigenvalue weighted by Crippen LogP contribution is -2.34. The van der Waals surface area contributed by atoms with Crippen LogP contribution in [0, 0.1) is 0 Å². The number of thiocarbonyl (C=S) groups is 1. The van der Waals surface area contributed by atoms with Gasteiger partial charge in [0.2, 0.25) is 5.91 Å². The third-order valence-corrected chi connectivity index (χ3v) is 5.12. The van der Waals surface area contributed by atoms with Crippen LogP contribution in [0.3, 0.4) is 0 Å². The van der Waals surface area contributed by atoms with Crippen LogP contribution in [0.25, 0.3) is 0 Å². The van der Waals surface area contributed by atoms with Crippen molar-refractivity contribution in [1.29, 1.82) is 0 Å². The van der Waals surface area contributed by atoms with Gasteiger partial charge in [-0.25, -0.2) is 12.7 Å². The third kappa shape index (κ3) is 2.31. The van der Waals surface area contributed by atoms with E-state index in [1.165, 1.54) is 18.2 Å². The van der Waals surface area contributed by atoms with Crippen LogP contribution in [-0.4, -0.2) is 30.3 Å². The van der Waals surface area contributed by atoms with Crippen LogP contribution in [-0.2, 0) is 14.8 Å². The van der Waals surface area contributed by atoms with E-state index in [4.69, 9.17) is 35.4 Å². The molecule has 1 fully saturated rings. The summed E-state index contributed by atoms with van der Waals surface area (Å²) in [5.74, 6) is -0.485. The maximum absolute atomic E-state index is 12.3. The molecule has 0 spiro atoms. The molecule has 0 unspecified atom stereocenters. The Balaban J connectivity index is 2.52. The van der Waals surface area contributed by atoms with Crippen LogP contribution in [0.15, 0.2) is 23.1 Å². The molecule has 0 radical (unpaired) electrons. The summed E-state index contributed by atoms with van der Waals surface area (Å²) in [5.41, 5.74) is 0. The van der Waals surface area contributed by atoms with E-state index in [0.29, 0.717) is 0 Å². The Morgan fingerprint density at radius 3 is 2.56 bits per heavy atom. The maximum atomic E-state index is 12.3. The third-order valence-electron chi connectivity index (χ3n) is 2.22. The average molecular weight is 325 g/mol. The molecule has 96 valence electrons. The summed E-state index contributed by atoms with van der Waals surface area (Å²) in [6.45, 7) is -0.357. The average Bonchev–Trinajstić information content (AvgIpc) is 2.62. The second kappa shape index (κ2) is 4.65. The van der Waals surface area contributed by atoms with Gasteiger partial charge in [0.15, 0.2) is 5.11 Å². The molecule has 0 saturated carbocycles. The van der Waals surface area contributed by atoms with Gasteiger partial charge < -0.3 is 5.32 Å². The Bertz CT molecular complexity index is 645. The lowest BCUT2D eigenvalue weighted by atomic mass is 10.4. The zero-order valence-electron chi connectivity index (χ0n) is 8.68. The summed E-state index contributed by atoms with van der Waals surface area (Å²) < 4.78 is 25.3. The molecule has 1 aromatic carbocycles. The first-order chi connectivity index (χ1) is 8.32. The second-order valence-corrected chi connectivity index (χ2v) is 6.50. The van der Waals surface area contributed by atoms with Gasteiger partial charge in [0.05, 0.1) is 5.02 Å². The quantitative estimate of drug-likeness (QED) is 0.835. The van der Waals surface area contributed by atoms with Crippen LogP contribution in [0.1, 0.15) is 0 Å². The molecule has 0 bridgehead atoms. The smallest absolute Gasteiger partial charge is 0.268 e. The fourth-order valence-electron chi connectivity index (χ4n) is 1.41. The van der Waals surface area contributed by atoms with Crippen molar-refractivity contribution in [3.8, 4) is 0 Å². The van der Waals surface area contributed by atoms with Crippen LogP contribution >= 0.6 is 35.4 Å². The lowest BCUT2D eigenvalue weighted by molar-refractivity contribution is -0.118. The second-order valence-electron chi connectivity index (χ2n) is 3.44. The standard InChI is InChI=1S/C9H6Cl2N2O3S2/c10-5-1-2-6(11)7(3-5)18(15,16)13-4-8(14)12-9(13)17/h1-3H,4H2,(H,12,14,17). The largest absolute Gasteiger partial charge is 0.301 e. The summed E-state index contributed by atoms with van der Waals surface area (Å²) in [5, 5.41) is 2.31. The van der Waals surface area contributed by atoms with E-state index in [2.05, 4.69) is 5.32 Å². The van der Waals surface area contributed by atoms with Gasteiger partial charge in [-0.3, -0.25) is 4.79 Å². The molecule has 9 heteroatoms. The summed E-state index contributed by atoms with van der Waals surface area (Å²) in [4.78, 5) is 10.9. The number of hydrogen-bond donors (Lipinski definition) is 1. The van der Waals surface area contributed by atoms with E-state index >= 15 is 0 Å². The minimum absolute atomic E-state index is 0.0153. The summed E-state index contributed by atoms with van der Waals surface area (Å²) in [6.07, 6.45) is 0. The predicted octanol–water partition coefficient (Wildman–Crippen LogP) is 1.40. The van der Waals surface area contributed by atoms with Gasteiger partial charge in [0.1, 0.15) is 11.4 Å². The Hall–Kier alpha value is -0.890. The Morgan fingerprint density at radius 2 is 2.00 bits per heavy atom. The molecule has 2 rings (SSSR count). The molecular weight excluding hydrogens is 319 g/mol. The van der Waals surface area contributed by atoms with E-state index in [1.54, 1.807) is 0 Å². The number of amides is 1. The number of rotatable bonds is 2. The zero-order valence-corrected chi connectivity index (χ0v) is 11.8. The normalized spacial score (nSPS) is 16.0. The minimum Gasteiger partial charge on any atom is -0.301 e. The van der Waals surface area contributed by atoms with Gasteiger partial charge >= 0.3 is 0 Å². The van der Waals surface area contributed by atoms with Crippen molar-refractivity contribution in [2.24, 2.45) is 0 Å². The predicted molar refractivity (Wildman–Crippen MR) is 71.1 cm³/mol. The van der Waals surface area contributed by atoms with E-state index in [1.807, 2.05) is 0 Å². The highest BCUT2D eigenvalue weighted by Crippen LogP contribution is 2.28. The molecule has 18 heavy (non-hydrogen) atoms. The summed E-state index contributed by atoms with van der Waals surface area (Å²) >= 11 is 16.3. The van der Waals surface area contributed by atoms with Crippen LogP contribution in [0.2, 0.25) is 10.0 Å². The van der Waals surface area contributed by atoms with Gasteiger partial charge in [-0.1, -0.05) is 23.2 Å². The van der Waals surface area contributed by atoms with Gasteiger partial charge in [-0.2, -0.15) is 0 Å². The number of nitrogens with zero attached hydrogens (tertiary/aromatic N) is 1. The van der Waals surface area contributed by atoms with Crippen molar-refractivity contribution in [2.45, 2.75) is 4.90 Å². The molecule has 0 atom stereocenters. The van der Waals surface area contributed by atoms with Crippen LogP contribution in [0.4, 0.5) is 0 Å². The highest BCUT2D eigenvalue weighted by molar-refractivity contribution is 7.91. The Labute approximate surface area is 119 Å². The SMILES string of the molecule is O=C1CN(S(=O)(=O)c2cc(Cl)ccc2Cl)C(=S)N1. The van der Waals surface area contributed by atoms with Gasteiger partial charge in [-0.15, -0.1) is 0 Å². The number of sulfonamides is 1. The molecular formula is C9H6Cl2N2O3S2. The van der Waals surface area contributed by atoms with Crippen molar-refractivity contribution in [2.75, 3.05) is 6.54 Å². The van der Waals surface area contributed by atoms with E-state index in [-0.39, 0.29) is 26.6 Å². The minimum atomic E-state index is -3.98. The van der Waals surface area contributed by atoms with Gasteiger partial charge in [0, 0.05) is 5.02 Å².